The van der Waals surface area contributed by atoms with Crippen LogP contribution in [-0.2, 0) is 14.8 Å². The van der Waals surface area contributed by atoms with Gasteiger partial charge in [0.2, 0.25) is 15.9 Å². The molecule has 1 N–H and O–H groups in total. The predicted octanol–water partition coefficient (Wildman–Crippen LogP) is 3.79. The summed E-state index contributed by atoms with van der Waals surface area (Å²) in [6.45, 7) is 4.15. The summed E-state index contributed by atoms with van der Waals surface area (Å²) in [7, 11) is -1.81. The summed E-state index contributed by atoms with van der Waals surface area (Å²) in [6, 6.07) is 4.80. The van der Waals surface area contributed by atoms with Gasteiger partial charge < -0.3 is 14.8 Å². The zero-order chi connectivity index (χ0) is 22.4. The standard InChI is InChI=1S/C23H36N2O5S/c1-4-15-31(27,28)25-14-8-7-11-20(25)23(26)24-17(2)18-12-13-21(22(16-18)29-3)30-19-9-5-6-10-19/h12-13,16-17,19-20H,4-11,14-15H2,1-3H3,(H,24,26). The minimum absolute atomic E-state index is 0.0754. The van der Waals surface area contributed by atoms with Crippen molar-refractivity contribution in [3.8, 4) is 11.5 Å². The van der Waals surface area contributed by atoms with E-state index < -0.39 is 16.1 Å². The van der Waals surface area contributed by atoms with Crippen LogP contribution in [0.2, 0.25) is 0 Å². The van der Waals surface area contributed by atoms with E-state index >= 15 is 0 Å². The van der Waals surface area contributed by atoms with Gasteiger partial charge >= 0.3 is 0 Å². The molecule has 0 radical (unpaired) electrons. The summed E-state index contributed by atoms with van der Waals surface area (Å²) >= 11 is 0. The van der Waals surface area contributed by atoms with Crippen LogP contribution in [0.1, 0.15) is 76.8 Å². The van der Waals surface area contributed by atoms with Crippen LogP contribution in [0.25, 0.3) is 0 Å². The van der Waals surface area contributed by atoms with Crippen molar-refractivity contribution in [3.63, 3.8) is 0 Å². The first-order valence-electron chi connectivity index (χ1n) is 11.5. The van der Waals surface area contributed by atoms with E-state index in [4.69, 9.17) is 9.47 Å². The lowest BCUT2D eigenvalue weighted by Crippen LogP contribution is -2.52. The highest BCUT2D eigenvalue weighted by molar-refractivity contribution is 7.89. The van der Waals surface area contributed by atoms with Crippen LogP contribution >= 0.6 is 0 Å². The summed E-state index contributed by atoms with van der Waals surface area (Å²) in [5.41, 5.74) is 0.891. The van der Waals surface area contributed by atoms with Crippen LogP contribution in [0.4, 0.5) is 0 Å². The van der Waals surface area contributed by atoms with Gasteiger partial charge in [-0.25, -0.2) is 8.42 Å². The number of carbonyl (C=O) groups excluding carboxylic acids is 1. The molecule has 0 bridgehead atoms. The zero-order valence-electron chi connectivity index (χ0n) is 18.9. The van der Waals surface area contributed by atoms with Crippen LogP contribution in [0.3, 0.4) is 0 Å². The van der Waals surface area contributed by atoms with Crippen molar-refractivity contribution in [2.45, 2.75) is 83.4 Å². The molecule has 1 aliphatic carbocycles. The molecule has 31 heavy (non-hydrogen) atoms. The number of hydrogen-bond donors (Lipinski definition) is 1. The summed E-state index contributed by atoms with van der Waals surface area (Å²) in [6.07, 6.45) is 7.50. The van der Waals surface area contributed by atoms with Gasteiger partial charge in [-0.15, -0.1) is 0 Å². The Balaban J connectivity index is 1.69. The highest BCUT2D eigenvalue weighted by Crippen LogP contribution is 2.34. The molecule has 1 heterocycles. The van der Waals surface area contributed by atoms with Crippen LogP contribution < -0.4 is 14.8 Å². The number of piperidine rings is 1. The number of amides is 1. The van der Waals surface area contributed by atoms with E-state index in [1.54, 1.807) is 7.11 Å². The summed E-state index contributed by atoms with van der Waals surface area (Å²) in [5.74, 6) is 1.21. The third-order valence-corrected chi connectivity index (χ3v) is 8.29. The lowest BCUT2D eigenvalue weighted by molar-refractivity contribution is -0.126. The molecule has 1 aromatic carbocycles. The number of benzene rings is 1. The molecule has 0 spiro atoms. The lowest BCUT2D eigenvalue weighted by atomic mass is 10.0. The van der Waals surface area contributed by atoms with Gasteiger partial charge in [-0.3, -0.25) is 4.79 Å². The van der Waals surface area contributed by atoms with Gasteiger partial charge in [0.15, 0.2) is 11.5 Å². The van der Waals surface area contributed by atoms with Crippen molar-refractivity contribution in [2.75, 3.05) is 19.4 Å². The smallest absolute Gasteiger partial charge is 0.238 e. The Kier molecular flexibility index (Phi) is 8.22. The molecule has 0 aromatic heterocycles. The SMILES string of the molecule is CCCS(=O)(=O)N1CCCCC1C(=O)NC(C)c1ccc(OC2CCCC2)c(OC)c1. The molecule has 2 aliphatic rings. The monoisotopic (exact) mass is 452 g/mol. The second-order valence-electron chi connectivity index (χ2n) is 8.60. The predicted molar refractivity (Wildman–Crippen MR) is 121 cm³/mol. The highest BCUT2D eigenvalue weighted by Gasteiger charge is 2.36. The molecule has 3 rings (SSSR count). The Morgan fingerprint density at radius 1 is 1.16 bits per heavy atom. The summed E-state index contributed by atoms with van der Waals surface area (Å²) in [4.78, 5) is 13.0. The van der Waals surface area contributed by atoms with Crippen molar-refractivity contribution in [2.24, 2.45) is 0 Å². The Hall–Kier alpha value is -1.80. The molecule has 2 atom stereocenters. The van der Waals surface area contributed by atoms with Gasteiger partial charge in [-0.2, -0.15) is 4.31 Å². The molecular weight excluding hydrogens is 416 g/mol. The maximum absolute atomic E-state index is 13.0. The first-order chi connectivity index (χ1) is 14.9. The first kappa shape index (κ1) is 23.9. The minimum Gasteiger partial charge on any atom is -0.493 e. The van der Waals surface area contributed by atoms with Crippen molar-refractivity contribution < 1.29 is 22.7 Å². The molecule has 174 valence electrons. The van der Waals surface area contributed by atoms with Crippen LogP contribution in [-0.4, -0.2) is 50.2 Å². The highest BCUT2D eigenvalue weighted by atomic mass is 32.2. The number of sulfonamides is 1. The van der Waals surface area contributed by atoms with E-state index in [1.165, 1.54) is 17.1 Å². The van der Waals surface area contributed by atoms with E-state index in [0.29, 0.717) is 25.1 Å². The topological polar surface area (TPSA) is 84.9 Å². The third-order valence-electron chi connectivity index (χ3n) is 6.22. The van der Waals surface area contributed by atoms with Crippen molar-refractivity contribution in [3.05, 3.63) is 23.8 Å². The fourth-order valence-corrected chi connectivity index (χ4v) is 6.25. The van der Waals surface area contributed by atoms with Gasteiger partial charge in [-0.05, 0) is 69.6 Å². The Morgan fingerprint density at radius 2 is 1.87 bits per heavy atom. The second kappa shape index (κ2) is 10.7. The number of carbonyl (C=O) groups is 1. The number of rotatable bonds is 9. The van der Waals surface area contributed by atoms with Crippen molar-refractivity contribution >= 4 is 15.9 Å². The van der Waals surface area contributed by atoms with Gasteiger partial charge in [0.25, 0.3) is 0 Å². The van der Waals surface area contributed by atoms with Gasteiger partial charge in [0.1, 0.15) is 6.04 Å². The van der Waals surface area contributed by atoms with Crippen LogP contribution in [0.5, 0.6) is 11.5 Å². The first-order valence-corrected chi connectivity index (χ1v) is 13.1. The van der Waals surface area contributed by atoms with Crippen LogP contribution in [0.15, 0.2) is 18.2 Å². The fraction of sp³-hybridized carbons (Fsp3) is 0.696. The van der Waals surface area contributed by atoms with Crippen LogP contribution in [0, 0.1) is 0 Å². The van der Waals surface area contributed by atoms with Gasteiger partial charge in [0.05, 0.1) is 25.0 Å². The minimum atomic E-state index is -3.42. The van der Waals surface area contributed by atoms with Gasteiger partial charge in [0, 0.05) is 6.54 Å². The molecule has 2 unspecified atom stereocenters. The van der Waals surface area contributed by atoms with E-state index in [9.17, 15) is 13.2 Å². The average Bonchev–Trinajstić information content (AvgIpc) is 3.27. The Morgan fingerprint density at radius 3 is 2.55 bits per heavy atom. The van der Waals surface area contributed by atoms with Gasteiger partial charge in [-0.1, -0.05) is 19.4 Å². The van der Waals surface area contributed by atoms with E-state index in [0.717, 1.165) is 37.0 Å². The average molecular weight is 453 g/mol. The molecule has 1 saturated carbocycles. The zero-order valence-corrected chi connectivity index (χ0v) is 19.7. The van der Waals surface area contributed by atoms with E-state index in [-0.39, 0.29) is 23.8 Å². The molecule has 1 aromatic rings. The fourth-order valence-electron chi connectivity index (χ4n) is 4.50. The molecule has 1 aliphatic heterocycles. The number of methoxy groups -OCH3 is 1. The normalized spacial score (nSPS) is 21.6. The van der Waals surface area contributed by atoms with Crippen molar-refractivity contribution in [1.82, 2.24) is 9.62 Å². The number of ether oxygens (including phenoxy) is 2. The molecule has 2 fully saturated rings. The maximum atomic E-state index is 13.0. The molecule has 1 amide bonds. The second-order valence-corrected chi connectivity index (χ2v) is 10.6. The number of nitrogens with one attached hydrogen (secondary N) is 1. The largest absolute Gasteiger partial charge is 0.493 e. The number of hydrogen-bond acceptors (Lipinski definition) is 5. The van der Waals surface area contributed by atoms with E-state index in [1.807, 2.05) is 32.0 Å². The summed E-state index contributed by atoms with van der Waals surface area (Å²) in [5, 5.41) is 3.01. The molecule has 8 heteroatoms. The van der Waals surface area contributed by atoms with E-state index in [2.05, 4.69) is 5.32 Å². The maximum Gasteiger partial charge on any atom is 0.238 e. The van der Waals surface area contributed by atoms with Crippen molar-refractivity contribution in [1.29, 1.82) is 0 Å². The third kappa shape index (κ3) is 5.92. The number of nitrogens with zero attached hydrogens (tertiary/aromatic N) is 1. The quantitative estimate of drug-likeness (QED) is 0.616. The lowest BCUT2D eigenvalue weighted by Gasteiger charge is -2.34. The molecular formula is C23H36N2O5S. The molecule has 1 saturated heterocycles. The Labute approximate surface area is 186 Å². The summed E-state index contributed by atoms with van der Waals surface area (Å²) < 4.78 is 38.3. The Bertz CT molecular complexity index is 852. The molecule has 7 nitrogen and oxygen atoms in total.